The highest BCUT2D eigenvalue weighted by Gasteiger charge is 2.14. The molecule has 3 nitrogen and oxygen atoms in total. The normalized spacial score (nSPS) is 11.4. The molecule has 0 unspecified atom stereocenters. The predicted octanol–water partition coefficient (Wildman–Crippen LogP) is 3.81. The lowest BCUT2D eigenvalue weighted by atomic mass is 10.1. The van der Waals surface area contributed by atoms with Crippen LogP contribution < -0.4 is 5.73 Å². The third kappa shape index (κ3) is 4.04. The van der Waals surface area contributed by atoms with E-state index < -0.39 is 0 Å². The van der Waals surface area contributed by atoms with Gasteiger partial charge in [-0.1, -0.05) is 40.5 Å². The molecule has 3 heteroatoms. The maximum atomic E-state index is 6.27. The van der Waals surface area contributed by atoms with E-state index in [1.165, 1.54) is 25.1 Å². The molecule has 104 valence electrons. The molecule has 1 aromatic rings. The largest absolute Gasteiger partial charge is 0.384 e. The molecule has 0 amide bonds. The number of unbranched alkanes of at least 4 members (excludes halogenated alkanes) is 2. The summed E-state index contributed by atoms with van der Waals surface area (Å²) in [6.45, 7) is 9.87. The third-order valence-electron chi connectivity index (χ3n) is 3.20. The first-order valence-electron chi connectivity index (χ1n) is 7.43. The maximum absolute atomic E-state index is 6.27. The number of hydrogen-bond donors (Lipinski definition) is 1. The Hall–Kier alpha value is -0.990. The van der Waals surface area contributed by atoms with E-state index in [4.69, 9.17) is 10.7 Å². The van der Waals surface area contributed by atoms with E-state index >= 15 is 0 Å². The number of nitrogen functional groups attached to an aromatic ring is 1. The van der Waals surface area contributed by atoms with E-state index in [9.17, 15) is 0 Å². The van der Waals surface area contributed by atoms with Gasteiger partial charge >= 0.3 is 0 Å². The first-order valence-corrected chi connectivity index (χ1v) is 7.43. The molecule has 1 heterocycles. The lowest BCUT2D eigenvalue weighted by molar-refractivity contribution is 0.510. The fourth-order valence-electron chi connectivity index (χ4n) is 2.28. The van der Waals surface area contributed by atoms with E-state index in [1.807, 2.05) is 0 Å². The van der Waals surface area contributed by atoms with Crippen molar-refractivity contribution in [2.75, 3.05) is 5.73 Å². The molecule has 0 spiro atoms. The molecule has 1 rings (SSSR count). The maximum Gasteiger partial charge on any atom is 0.126 e. The van der Waals surface area contributed by atoms with Crippen LogP contribution in [0.5, 0.6) is 0 Å². The first-order chi connectivity index (χ1) is 8.60. The van der Waals surface area contributed by atoms with Crippen molar-refractivity contribution >= 4 is 5.82 Å². The van der Waals surface area contributed by atoms with Crippen molar-refractivity contribution in [1.82, 2.24) is 9.55 Å². The SMILES string of the molecule is CCCCCc1nc(CCC)n(CC(C)C)c1N. The molecular weight excluding hydrogens is 222 g/mol. The number of imidazole rings is 1. The van der Waals surface area contributed by atoms with E-state index in [0.717, 1.165) is 37.3 Å². The van der Waals surface area contributed by atoms with Gasteiger partial charge in [0.15, 0.2) is 0 Å². The van der Waals surface area contributed by atoms with E-state index in [-0.39, 0.29) is 0 Å². The van der Waals surface area contributed by atoms with Crippen LogP contribution in [-0.4, -0.2) is 9.55 Å². The van der Waals surface area contributed by atoms with Crippen molar-refractivity contribution in [3.05, 3.63) is 11.5 Å². The summed E-state index contributed by atoms with van der Waals surface area (Å²) < 4.78 is 2.23. The molecule has 0 aromatic carbocycles. The average molecular weight is 251 g/mol. The average Bonchev–Trinajstić information content (AvgIpc) is 2.58. The van der Waals surface area contributed by atoms with Crippen LogP contribution in [0.25, 0.3) is 0 Å². The number of aryl methyl sites for hydroxylation is 2. The smallest absolute Gasteiger partial charge is 0.126 e. The zero-order valence-corrected chi connectivity index (χ0v) is 12.5. The molecule has 0 bridgehead atoms. The minimum atomic E-state index is 0.612. The summed E-state index contributed by atoms with van der Waals surface area (Å²) in [5.74, 6) is 2.69. The van der Waals surface area contributed by atoms with Gasteiger partial charge in [0.25, 0.3) is 0 Å². The van der Waals surface area contributed by atoms with Gasteiger partial charge in [0, 0.05) is 13.0 Å². The van der Waals surface area contributed by atoms with Crippen molar-refractivity contribution in [3.63, 3.8) is 0 Å². The minimum absolute atomic E-state index is 0.612. The van der Waals surface area contributed by atoms with Crippen LogP contribution in [0.15, 0.2) is 0 Å². The molecule has 0 saturated heterocycles. The van der Waals surface area contributed by atoms with Gasteiger partial charge in [-0.25, -0.2) is 4.98 Å². The Labute approximate surface area is 112 Å². The van der Waals surface area contributed by atoms with Crippen LogP contribution in [0.2, 0.25) is 0 Å². The van der Waals surface area contributed by atoms with Crippen molar-refractivity contribution in [2.24, 2.45) is 5.92 Å². The molecule has 0 saturated carbocycles. The summed E-state index contributed by atoms with van der Waals surface area (Å²) in [4.78, 5) is 4.76. The van der Waals surface area contributed by atoms with Crippen molar-refractivity contribution in [3.8, 4) is 0 Å². The number of nitrogens with zero attached hydrogens (tertiary/aromatic N) is 2. The van der Waals surface area contributed by atoms with Gasteiger partial charge in [-0.2, -0.15) is 0 Å². The molecular formula is C15H29N3. The van der Waals surface area contributed by atoms with E-state index in [2.05, 4.69) is 32.3 Å². The topological polar surface area (TPSA) is 43.8 Å². The number of anilines is 1. The zero-order chi connectivity index (χ0) is 13.5. The van der Waals surface area contributed by atoms with E-state index in [0.29, 0.717) is 5.92 Å². The van der Waals surface area contributed by atoms with Crippen LogP contribution in [0.1, 0.15) is 64.9 Å². The van der Waals surface area contributed by atoms with Crippen LogP contribution in [-0.2, 0) is 19.4 Å². The second-order valence-electron chi connectivity index (χ2n) is 5.57. The molecule has 0 radical (unpaired) electrons. The fraction of sp³-hybridized carbons (Fsp3) is 0.800. The number of aromatic nitrogens is 2. The molecule has 0 fully saturated rings. The lowest BCUT2D eigenvalue weighted by Crippen LogP contribution is -2.11. The van der Waals surface area contributed by atoms with Crippen molar-refractivity contribution in [2.45, 2.75) is 72.8 Å². The Balaban J connectivity index is 2.84. The van der Waals surface area contributed by atoms with Gasteiger partial charge in [-0.15, -0.1) is 0 Å². The molecule has 0 aliphatic rings. The Kier molecular flexibility index (Phi) is 6.23. The summed E-state index contributed by atoms with van der Waals surface area (Å²) in [5, 5.41) is 0. The summed E-state index contributed by atoms with van der Waals surface area (Å²) in [6, 6.07) is 0. The van der Waals surface area contributed by atoms with Gasteiger partial charge in [-0.3, -0.25) is 0 Å². The van der Waals surface area contributed by atoms with Crippen LogP contribution >= 0.6 is 0 Å². The number of rotatable bonds is 8. The Bertz CT molecular complexity index is 353. The number of nitrogens with two attached hydrogens (primary N) is 1. The van der Waals surface area contributed by atoms with Crippen LogP contribution in [0.4, 0.5) is 5.82 Å². The van der Waals surface area contributed by atoms with Gasteiger partial charge in [0.2, 0.25) is 0 Å². The summed E-state index contributed by atoms with van der Waals surface area (Å²) in [7, 11) is 0. The lowest BCUT2D eigenvalue weighted by Gasteiger charge is -2.11. The second-order valence-corrected chi connectivity index (χ2v) is 5.57. The summed E-state index contributed by atoms with van der Waals surface area (Å²) >= 11 is 0. The molecule has 18 heavy (non-hydrogen) atoms. The Morgan fingerprint density at radius 1 is 1.11 bits per heavy atom. The van der Waals surface area contributed by atoms with Gasteiger partial charge in [0.1, 0.15) is 11.6 Å². The quantitative estimate of drug-likeness (QED) is 0.714. The van der Waals surface area contributed by atoms with Crippen molar-refractivity contribution in [1.29, 1.82) is 0 Å². The zero-order valence-electron chi connectivity index (χ0n) is 12.5. The van der Waals surface area contributed by atoms with E-state index in [1.54, 1.807) is 0 Å². The molecule has 0 aliphatic heterocycles. The molecule has 1 aromatic heterocycles. The molecule has 0 aliphatic carbocycles. The highest BCUT2D eigenvalue weighted by molar-refractivity contribution is 5.38. The minimum Gasteiger partial charge on any atom is -0.384 e. The molecule has 0 atom stereocenters. The second kappa shape index (κ2) is 7.45. The summed E-state index contributed by atoms with van der Waals surface area (Å²) in [6.07, 6.45) is 6.90. The Morgan fingerprint density at radius 3 is 2.39 bits per heavy atom. The van der Waals surface area contributed by atoms with Crippen LogP contribution in [0.3, 0.4) is 0 Å². The predicted molar refractivity (Wildman–Crippen MR) is 78.7 cm³/mol. The molecule has 2 N–H and O–H groups in total. The first kappa shape index (κ1) is 15.1. The van der Waals surface area contributed by atoms with Crippen LogP contribution in [0, 0.1) is 5.92 Å². The third-order valence-corrected chi connectivity index (χ3v) is 3.20. The fourth-order valence-corrected chi connectivity index (χ4v) is 2.28. The van der Waals surface area contributed by atoms with Gasteiger partial charge in [0.05, 0.1) is 5.69 Å². The highest BCUT2D eigenvalue weighted by atomic mass is 15.1. The van der Waals surface area contributed by atoms with Gasteiger partial charge < -0.3 is 10.3 Å². The standard InChI is InChI=1S/C15H29N3/c1-5-7-8-10-13-15(16)18(11-12(3)4)14(17-13)9-6-2/h12H,5-11,16H2,1-4H3. The highest BCUT2D eigenvalue weighted by Crippen LogP contribution is 2.20. The summed E-state index contributed by atoms with van der Waals surface area (Å²) in [5.41, 5.74) is 7.38. The van der Waals surface area contributed by atoms with Gasteiger partial charge in [-0.05, 0) is 25.2 Å². The van der Waals surface area contributed by atoms with Crippen molar-refractivity contribution < 1.29 is 0 Å². The Morgan fingerprint density at radius 2 is 1.83 bits per heavy atom. The monoisotopic (exact) mass is 251 g/mol. The number of hydrogen-bond acceptors (Lipinski definition) is 2.